The molecule has 1 rings (SSSR count). The summed E-state index contributed by atoms with van der Waals surface area (Å²) in [6.07, 6.45) is -1.11. The number of halogens is 3. The molecule has 0 spiro atoms. The van der Waals surface area contributed by atoms with Crippen LogP contribution in [0.1, 0.15) is 0 Å². The van der Waals surface area contributed by atoms with E-state index in [4.69, 9.17) is 0 Å². The smallest absolute Gasteiger partial charge is 0.409 e. The van der Waals surface area contributed by atoms with Crippen molar-refractivity contribution in [2.24, 2.45) is 5.73 Å². The number of nitrogens with two attached hydrogens (primary N) is 1. The first-order valence-electron chi connectivity index (χ1n) is 3.12. The maximum absolute atomic E-state index is 12.8. The molecule has 0 fully saturated rings. The third-order valence-electron chi connectivity index (χ3n) is 1.18. The van der Waals surface area contributed by atoms with E-state index in [1.54, 1.807) is 0 Å². The van der Waals surface area contributed by atoms with Gasteiger partial charge < -0.3 is 10.5 Å². The fraction of sp³-hybridized carbons (Fsp3) is 0. The van der Waals surface area contributed by atoms with Gasteiger partial charge in [0, 0.05) is 12.1 Å². The molecule has 0 atom stereocenters. The van der Waals surface area contributed by atoms with Gasteiger partial charge in [0.1, 0.15) is 17.4 Å². The predicted octanol–water partition coefficient (Wildman–Crippen LogP) is 2.03. The average Bonchev–Trinajstić information content (AvgIpc) is 1.98. The first kappa shape index (κ1) is 10.2. The Morgan fingerprint density at radius 3 is 2.23 bits per heavy atom. The number of carbonyl (C=O) groups is 1. The lowest BCUT2D eigenvalue weighted by atomic mass is 10.3. The summed E-state index contributed by atoms with van der Waals surface area (Å²) in [5.74, 6) is -1.84. The van der Waals surface area contributed by atoms with Crippen LogP contribution in [0.4, 0.5) is 13.6 Å². The van der Waals surface area contributed by atoms with Crippen molar-refractivity contribution in [3.05, 3.63) is 27.3 Å². The van der Waals surface area contributed by atoms with E-state index in [9.17, 15) is 13.6 Å². The molecule has 3 nitrogen and oxygen atoms in total. The summed E-state index contributed by atoms with van der Waals surface area (Å²) < 4.78 is 29.8. The third kappa shape index (κ3) is 2.51. The molecule has 0 radical (unpaired) electrons. The Labute approximate surface area is 86.0 Å². The predicted molar refractivity (Wildman–Crippen MR) is 49.3 cm³/mol. The summed E-state index contributed by atoms with van der Waals surface area (Å²) in [5.41, 5.74) is 4.65. The van der Waals surface area contributed by atoms with Crippen LogP contribution in [0, 0.1) is 15.2 Å². The topological polar surface area (TPSA) is 52.3 Å². The van der Waals surface area contributed by atoms with Gasteiger partial charge in [-0.1, -0.05) is 0 Å². The first-order chi connectivity index (χ1) is 6.00. The molecule has 1 amide bonds. The Balaban J connectivity index is 3.06. The number of ether oxygens (including phenoxy) is 1. The lowest BCUT2D eigenvalue weighted by Gasteiger charge is -2.02. The molecule has 0 unspecified atom stereocenters. The quantitative estimate of drug-likeness (QED) is 0.637. The Kier molecular flexibility index (Phi) is 3.02. The molecule has 0 aliphatic heterocycles. The number of hydrogen-bond donors (Lipinski definition) is 1. The molecule has 0 aliphatic carbocycles. The van der Waals surface area contributed by atoms with E-state index in [0.29, 0.717) is 0 Å². The highest BCUT2D eigenvalue weighted by Gasteiger charge is 2.09. The molecular weight excluding hydrogens is 295 g/mol. The fourth-order valence-corrected chi connectivity index (χ4v) is 1.02. The Bertz CT molecular complexity index is 333. The largest absolute Gasteiger partial charge is 0.410 e. The molecule has 2 N–H and O–H groups in total. The fourth-order valence-electron chi connectivity index (χ4n) is 0.707. The second-order valence-electron chi connectivity index (χ2n) is 2.12. The van der Waals surface area contributed by atoms with E-state index in [-0.39, 0.29) is 9.32 Å². The minimum atomic E-state index is -1.11. The molecule has 6 heteroatoms. The SMILES string of the molecule is NC(=O)Oc1cc(F)c(I)c(F)c1. The van der Waals surface area contributed by atoms with Crippen molar-refractivity contribution >= 4 is 28.7 Å². The Hall–Kier alpha value is -0.920. The van der Waals surface area contributed by atoms with Gasteiger partial charge in [-0.25, -0.2) is 13.6 Å². The third-order valence-corrected chi connectivity index (χ3v) is 2.21. The monoisotopic (exact) mass is 299 g/mol. The zero-order valence-corrected chi connectivity index (χ0v) is 8.34. The molecule has 13 heavy (non-hydrogen) atoms. The molecule has 0 saturated heterocycles. The van der Waals surface area contributed by atoms with Crippen LogP contribution in [0.15, 0.2) is 12.1 Å². The molecule has 0 heterocycles. The molecule has 0 saturated carbocycles. The number of benzene rings is 1. The van der Waals surface area contributed by atoms with Gasteiger partial charge in [0.15, 0.2) is 0 Å². The highest BCUT2D eigenvalue weighted by molar-refractivity contribution is 14.1. The molecule has 1 aromatic rings. The highest BCUT2D eigenvalue weighted by atomic mass is 127. The van der Waals surface area contributed by atoms with Crippen LogP contribution < -0.4 is 10.5 Å². The van der Waals surface area contributed by atoms with Crippen molar-refractivity contribution in [2.75, 3.05) is 0 Å². The molecule has 1 aromatic carbocycles. The minimum Gasteiger partial charge on any atom is -0.410 e. The summed E-state index contributed by atoms with van der Waals surface area (Å²) >= 11 is 1.50. The van der Waals surface area contributed by atoms with Gasteiger partial charge in [-0.3, -0.25) is 0 Å². The number of primary amides is 1. The van der Waals surface area contributed by atoms with E-state index in [1.165, 1.54) is 22.6 Å². The van der Waals surface area contributed by atoms with E-state index < -0.39 is 17.7 Å². The van der Waals surface area contributed by atoms with Crippen molar-refractivity contribution in [3.63, 3.8) is 0 Å². The normalized spacial score (nSPS) is 9.77. The van der Waals surface area contributed by atoms with Crippen LogP contribution in [0.3, 0.4) is 0 Å². The van der Waals surface area contributed by atoms with Crippen LogP contribution in [0.5, 0.6) is 5.75 Å². The van der Waals surface area contributed by atoms with Crippen LogP contribution >= 0.6 is 22.6 Å². The van der Waals surface area contributed by atoms with Crippen molar-refractivity contribution in [1.29, 1.82) is 0 Å². The van der Waals surface area contributed by atoms with Crippen molar-refractivity contribution < 1.29 is 18.3 Å². The van der Waals surface area contributed by atoms with Gasteiger partial charge in [0.2, 0.25) is 0 Å². The van der Waals surface area contributed by atoms with Crippen LogP contribution in [-0.2, 0) is 0 Å². The van der Waals surface area contributed by atoms with Gasteiger partial charge in [0.05, 0.1) is 3.57 Å². The average molecular weight is 299 g/mol. The lowest BCUT2D eigenvalue weighted by molar-refractivity contribution is 0.210. The number of amides is 1. The van der Waals surface area contributed by atoms with E-state index in [2.05, 4.69) is 10.5 Å². The van der Waals surface area contributed by atoms with Gasteiger partial charge in [-0.2, -0.15) is 0 Å². The maximum Gasteiger partial charge on any atom is 0.409 e. The molecular formula is C7H4F2INO2. The van der Waals surface area contributed by atoms with Crippen molar-refractivity contribution in [3.8, 4) is 5.75 Å². The number of rotatable bonds is 1. The zero-order valence-electron chi connectivity index (χ0n) is 6.18. The van der Waals surface area contributed by atoms with Crippen molar-refractivity contribution in [2.45, 2.75) is 0 Å². The van der Waals surface area contributed by atoms with Gasteiger partial charge in [-0.15, -0.1) is 0 Å². The lowest BCUT2D eigenvalue weighted by Crippen LogP contribution is -2.16. The van der Waals surface area contributed by atoms with Crippen LogP contribution in [-0.4, -0.2) is 6.09 Å². The standard InChI is InChI=1S/C7H4F2INO2/c8-4-1-3(13-7(11)12)2-5(9)6(4)10/h1-2H,(H2,11,12). The van der Waals surface area contributed by atoms with Crippen molar-refractivity contribution in [1.82, 2.24) is 0 Å². The van der Waals surface area contributed by atoms with Crippen LogP contribution in [0.2, 0.25) is 0 Å². The number of carbonyl (C=O) groups excluding carboxylic acids is 1. The maximum atomic E-state index is 12.8. The summed E-state index contributed by atoms with van der Waals surface area (Å²) in [4.78, 5) is 10.2. The van der Waals surface area contributed by atoms with E-state index in [1.807, 2.05) is 0 Å². The van der Waals surface area contributed by atoms with E-state index in [0.717, 1.165) is 12.1 Å². The van der Waals surface area contributed by atoms with Gasteiger partial charge >= 0.3 is 6.09 Å². The van der Waals surface area contributed by atoms with Gasteiger partial charge in [-0.05, 0) is 22.6 Å². The zero-order chi connectivity index (χ0) is 10.0. The Morgan fingerprint density at radius 2 is 1.85 bits per heavy atom. The Morgan fingerprint density at radius 1 is 1.38 bits per heavy atom. The second-order valence-corrected chi connectivity index (χ2v) is 3.20. The second kappa shape index (κ2) is 3.86. The van der Waals surface area contributed by atoms with E-state index >= 15 is 0 Å². The summed E-state index contributed by atoms with van der Waals surface area (Å²) in [5, 5.41) is 0. The molecule has 0 aromatic heterocycles. The van der Waals surface area contributed by atoms with Crippen LogP contribution in [0.25, 0.3) is 0 Å². The highest BCUT2D eigenvalue weighted by Crippen LogP contribution is 2.21. The first-order valence-corrected chi connectivity index (χ1v) is 4.20. The summed E-state index contributed by atoms with van der Waals surface area (Å²) in [6, 6.07) is 1.77. The minimum absolute atomic E-state index is 0.158. The molecule has 0 aliphatic rings. The molecule has 70 valence electrons. The summed E-state index contributed by atoms with van der Waals surface area (Å²) in [6.45, 7) is 0. The molecule has 0 bridgehead atoms. The van der Waals surface area contributed by atoms with Gasteiger partial charge in [0.25, 0.3) is 0 Å². The number of hydrogen-bond acceptors (Lipinski definition) is 2. The summed E-state index contributed by atoms with van der Waals surface area (Å²) in [7, 11) is 0.